The number of anilines is 1. The molecule has 3 aliphatic heterocycles. The third-order valence-corrected chi connectivity index (χ3v) is 20.1. The van der Waals surface area contributed by atoms with Crippen molar-refractivity contribution in [2.24, 2.45) is 17.0 Å². The first-order chi connectivity index (χ1) is 37.2. The van der Waals surface area contributed by atoms with Crippen molar-refractivity contribution >= 4 is 109 Å². The van der Waals surface area contributed by atoms with Gasteiger partial charge in [-0.15, -0.1) is 11.3 Å². The van der Waals surface area contributed by atoms with Crippen LogP contribution in [-0.2, 0) is 63.7 Å². The van der Waals surface area contributed by atoms with E-state index in [1.54, 1.807) is 63.8 Å². The molecular weight excluding hydrogens is 1110 g/mol. The summed E-state index contributed by atoms with van der Waals surface area (Å²) < 4.78 is 81.6. The highest BCUT2D eigenvalue weighted by molar-refractivity contribution is 7.90. The van der Waals surface area contributed by atoms with Gasteiger partial charge in [0.25, 0.3) is 0 Å². The summed E-state index contributed by atoms with van der Waals surface area (Å²) in [7, 11) is -11.5. The van der Waals surface area contributed by atoms with Crippen LogP contribution in [0.4, 0.5) is 5.69 Å². The fourth-order valence-corrected chi connectivity index (χ4v) is 14.9. The molecule has 6 N–H and O–H groups in total. The van der Waals surface area contributed by atoms with Gasteiger partial charge < -0.3 is 20.1 Å². The highest BCUT2D eigenvalue weighted by Gasteiger charge is 2.34. The van der Waals surface area contributed by atoms with E-state index in [0.29, 0.717) is 95.8 Å². The summed E-state index contributed by atoms with van der Waals surface area (Å²) in [6, 6.07) is 31.6. The summed E-state index contributed by atoms with van der Waals surface area (Å²) in [6.07, 6.45) is 7.10. The lowest BCUT2D eigenvalue weighted by Crippen LogP contribution is -2.50. The summed E-state index contributed by atoms with van der Waals surface area (Å²) in [5.74, 6) is 0.590. The zero-order chi connectivity index (χ0) is 55.8. The predicted octanol–water partition coefficient (Wildman–Crippen LogP) is 9.28. The number of aryl methyl sites for hydroxylation is 2. The summed E-state index contributed by atoms with van der Waals surface area (Å²) in [6.45, 7) is 6.90. The number of rotatable bonds is 15. The zero-order valence-electron chi connectivity index (χ0n) is 43.2. The Morgan fingerprint density at radius 1 is 0.667 bits per heavy atom. The van der Waals surface area contributed by atoms with Crippen molar-refractivity contribution in [1.82, 2.24) is 24.2 Å². The number of aromatic nitrogens is 1. The maximum atomic E-state index is 13.4. The van der Waals surface area contributed by atoms with Gasteiger partial charge in [0.2, 0.25) is 47.8 Å². The molecule has 2 fully saturated rings. The molecule has 2 atom stereocenters. The Labute approximate surface area is 470 Å². The number of amides is 3. The van der Waals surface area contributed by atoms with E-state index >= 15 is 0 Å². The number of H-pyrrole nitrogens is 1. The summed E-state index contributed by atoms with van der Waals surface area (Å²) >= 11 is 14.0. The Morgan fingerprint density at radius 3 is 1.77 bits per heavy atom. The lowest BCUT2D eigenvalue weighted by atomic mass is 9.98. The van der Waals surface area contributed by atoms with Crippen molar-refractivity contribution in [2.75, 3.05) is 31.5 Å². The Hall–Kier alpha value is -5.68. The number of benzene rings is 5. The number of carbonyl (C=O) groups excluding carboxylic acids is 3. The van der Waals surface area contributed by atoms with Gasteiger partial charge in [-0.1, -0.05) is 97.7 Å². The van der Waals surface area contributed by atoms with Gasteiger partial charge in [-0.05, 0) is 134 Å². The van der Waals surface area contributed by atoms with Crippen LogP contribution in [0.1, 0.15) is 69.1 Å². The van der Waals surface area contributed by atoms with E-state index in [-0.39, 0.29) is 38.8 Å². The number of aromatic amines is 1. The molecule has 414 valence electrons. The first kappa shape index (κ1) is 58.5. The van der Waals surface area contributed by atoms with Crippen molar-refractivity contribution in [3.05, 3.63) is 154 Å². The molecule has 3 aliphatic rings. The van der Waals surface area contributed by atoms with Crippen LogP contribution in [0.2, 0.25) is 10.0 Å². The first-order valence-electron chi connectivity index (χ1n) is 25.7. The number of nitrogens with one attached hydrogen (secondary N) is 4. The molecule has 78 heavy (non-hydrogen) atoms. The van der Waals surface area contributed by atoms with Gasteiger partial charge in [-0.3, -0.25) is 14.4 Å². The van der Waals surface area contributed by atoms with Crippen LogP contribution in [0.25, 0.3) is 21.0 Å². The number of sulfonamides is 3. The van der Waals surface area contributed by atoms with E-state index in [0.717, 1.165) is 47.0 Å². The number of piperidine rings is 2. The lowest BCUT2D eigenvalue weighted by Gasteiger charge is -2.33. The minimum absolute atomic E-state index is 0.0422. The maximum Gasteiger partial charge on any atom is 0.242 e. The molecule has 5 heterocycles. The van der Waals surface area contributed by atoms with Gasteiger partial charge in [-0.25, -0.2) is 30.4 Å². The van der Waals surface area contributed by atoms with E-state index in [1.165, 1.54) is 29.5 Å². The molecule has 10 rings (SSSR count). The number of nitrogens with two attached hydrogens (primary N) is 1. The number of carbonyl (C=O) groups is 3. The SMILES string of the molecule is CC1CCN(C(=O)C(CCc2ccccc2Cl)NS(=O)(=O)c2ccc3c(c2)CC(=O)N3)CC1.CC1CCN(C(=O)C(CCc2ccccc2Cl)NS(=O)(=O)c2csc3ccccc23)CC1.NS(=O)(=O)c1cccc2[nH]ccc12. The van der Waals surface area contributed by atoms with E-state index in [2.05, 4.69) is 33.6 Å². The van der Waals surface area contributed by atoms with Crippen molar-refractivity contribution in [3.8, 4) is 0 Å². The molecule has 22 heteroatoms. The standard InChI is InChI=1S/C24H28ClN3O4S.C24H27ClN2O3S2.C8H8N2O2S/c1-16-10-12-28(13-11-16)24(30)22(8-6-17-4-2-3-5-20(17)25)27-33(31,32)19-7-9-21-18(14-19)15-23(29)26-21;1-17-12-14-27(15-13-17)24(28)21(11-10-18-6-2-4-8-20(18)25)26-32(29,30)23-16-31-22-9-5-3-7-19(22)23;9-13(11,12)8-3-1-2-7-6(8)4-5-10-7/h2-5,7,9,14,16,22,27H,6,8,10-13,15H2,1H3,(H,26,29);2-9,16-17,21,26H,10-15H2,1H3;1-5,10H,(H2,9,11,12). The Balaban J connectivity index is 0.000000168. The number of hydrogen-bond acceptors (Lipinski definition) is 10. The van der Waals surface area contributed by atoms with Crippen molar-refractivity contribution in [1.29, 1.82) is 0 Å². The molecule has 0 radical (unpaired) electrons. The third-order valence-electron chi connectivity index (χ3n) is 14.3. The van der Waals surface area contributed by atoms with Crippen molar-refractivity contribution in [3.63, 3.8) is 0 Å². The number of nitrogens with zero attached hydrogens (tertiary/aromatic N) is 2. The summed E-state index contributed by atoms with van der Waals surface area (Å²) in [5, 5.41) is 11.9. The van der Waals surface area contributed by atoms with E-state index < -0.39 is 42.2 Å². The molecule has 5 aromatic carbocycles. The molecule has 16 nitrogen and oxygen atoms in total. The van der Waals surface area contributed by atoms with Crippen LogP contribution in [-0.4, -0.2) is 96.0 Å². The highest BCUT2D eigenvalue weighted by atomic mass is 35.5. The molecule has 0 spiro atoms. The minimum Gasteiger partial charge on any atom is -0.361 e. The second kappa shape index (κ2) is 25.6. The number of fused-ring (bicyclic) bond motifs is 3. The second-order valence-electron chi connectivity index (χ2n) is 20.0. The normalized spacial score (nSPS) is 16.1. The Kier molecular flexibility index (Phi) is 19.2. The fourth-order valence-electron chi connectivity index (χ4n) is 9.71. The van der Waals surface area contributed by atoms with Gasteiger partial charge >= 0.3 is 0 Å². The van der Waals surface area contributed by atoms with Crippen LogP contribution in [0.3, 0.4) is 0 Å². The fraction of sp³-hybridized carbons (Fsp3) is 0.339. The molecule has 0 bridgehead atoms. The maximum absolute atomic E-state index is 13.4. The number of halogens is 2. The molecule has 0 saturated carbocycles. The largest absolute Gasteiger partial charge is 0.361 e. The molecule has 2 unspecified atom stereocenters. The topological polar surface area (TPSA) is 238 Å². The summed E-state index contributed by atoms with van der Waals surface area (Å²) in [4.78, 5) is 45.3. The number of primary sulfonamides is 1. The van der Waals surface area contributed by atoms with Crippen LogP contribution in [0.15, 0.2) is 142 Å². The number of likely N-dealkylation sites (tertiary alicyclic amines) is 2. The average molecular weight is 1180 g/mol. The second-order valence-corrected chi connectivity index (χ2v) is 26.7. The molecule has 0 aliphatic carbocycles. The summed E-state index contributed by atoms with van der Waals surface area (Å²) in [5.41, 5.74) is 3.79. The Morgan fingerprint density at radius 2 is 1.21 bits per heavy atom. The van der Waals surface area contributed by atoms with E-state index in [4.69, 9.17) is 28.3 Å². The first-order valence-corrected chi connectivity index (χ1v) is 31.9. The zero-order valence-corrected chi connectivity index (χ0v) is 47.9. The minimum atomic E-state index is -3.98. The van der Waals surface area contributed by atoms with Crippen LogP contribution < -0.4 is 19.9 Å². The molecular formula is C56H63Cl2N7O9S4. The van der Waals surface area contributed by atoms with Crippen LogP contribution in [0.5, 0.6) is 0 Å². The molecule has 7 aromatic rings. The molecule has 3 amide bonds. The monoisotopic (exact) mass is 1180 g/mol. The average Bonchev–Trinajstić information content (AvgIpc) is 4.21. The van der Waals surface area contributed by atoms with E-state index in [1.807, 2.05) is 54.6 Å². The van der Waals surface area contributed by atoms with Crippen molar-refractivity contribution < 1.29 is 39.6 Å². The van der Waals surface area contributed by atoms with Crippen LogP contribution in [0, 0.1) is 11.8 Å². The van der Waals surface area contributed by atoms with Gasteiger partial charge in [0.15, 0.2) is 0 Å². The van der Waals surface area contributed by atoms with Crippen molar-refractivity contribution in [2.45, 2.75) is 98.4 Å². The van der Waals surface area contributed by atoms with Gasteiger partial charge in [0, 0.05) is 74.5 Å². The highest BCUT2D eigenvalue weighted by Crippen LogP contribution is 2.31. The smallest absolute Gasteiger partial charge is 0.242 e. The van der Waals surface area contributed by atoms with Gasteiger partial charge in [0.05, 0.1) is 16.2 Å². The lowest BCUT2D eigenvalue weighted by molar-refractivity contribution is -0.135. The van der Waals surface area contributed by atoms with Crippen LogP contribution >= 0.6 is 34.5 Å². The van der Waals surface area contributed by atoms with Gasteiger partial charge in [0.1, 0.15) is 17.0 Å². The number of hydrogen-bond donors (Lipinski definition) is 5. The third kappa shape index (κ3) is 14.8. The van der Waals surface area contributed by atoms with Gasteiger partial charge in [-0.2, -0.15) is 9.44 Å². The quantitative estimate of drug-likeness (QED) is 0.0657. The predicted molar refractivity (Wildman–Crippen MR) is 308 cm³/mol. The Bertz CT molecular complexity index is 3630. The molecule has 2 saturated heterocycles. The molecule has 2 aromatic heterocycles. The van der Waals surface area contributed by atoms with E-state index in [9.17, 15) is 39.6 Å². The number of thiophene rings is 1.